The van der Waals surface area contributed by atoms with Crippen LogP contribution in [0.5, 0.6) is 11.8 Å². The number of aromatic nitrogens is 4. The first kappa shape index (κ1) is 30.1. The van der Waals surface area contributed by atoms with Crippen molar-refractivity contribution in [2.24, 2.45) is 0 Å². The minimum atomic E-state index is -0.883. The van der Waals surface area contributed by atoms with Crippen molar-refractivity contribution >= 4 is 28.1 Å². The van der Waals surface area contributed by atoms with Crippen LogP contribution in [-0.2, 0) is 32.5 Å². The van der Waals surface area contributed by atoms with Crippen LogP contribution in [-0.4, -0.2) is 74.3 Å². The molecule has 0 bridgehead atoms. The molecule has 47 heavy (non-hydrogen) atoms. The van der Waals surface area contributed by atoms with Gasteiger partial charge < -0.3 is 25.4 Å². The van der Waals surface area contributed by atoms with E-state index >= 15 is 8.78 Å². The Morgan fingerprint density at radius 2 is 1.94 bits per heavy atom. The van der Waals surface area contributed by atoms with Gasteiger partial charge >= 0.3 is 6.01 Å². The Labute approximate surface area is 270 Å². The van der Waals surface area contributed by atoms with Crippen LogP contribution >= 0.6 is 0 Å². The summed E-state index contributed by atoms with van der Waals surface area (Å²) in [5, 5.41) is 16.4. The molecule has 248 valence electrons. The van der Waals surface area contributed by atoms with Crippen LogP contribution in [0.25, 0.3) is 10.8 Å². The third-order valence-electron chi connectivity index (χ3n) is 10.5. The SMILES string of the molecule is CCc1c(F)ccc2cc(O)cc(N3CCc4c(nc(OC[C@@]56CCCN5C[C@H](F)C6)nc4N4CCCn5nc(N)c(F)c5C4)C3)c12. The number of rotatable bonds is 6. The Morgan fingerprint density at radius 3 is 2.79 bits per heavy atom. The first-order valence-electron chi connectivity index (χ1n) is 16.6. The summed E-state index contributed by atoms with van der Waals surface area (Å²) in [6.45, 7) is 5.81. The molecular weight excluding hydrogens is 609 g/mol. The lowest BCUT2D eigenvalue weighted by Gasteiger charge is -2.35. The number of hydrogen-bond donors (Lipinski definition) is 2. The average molecular weight is 649 g/mol. The smallest absolute Gasteiger partial charge is 0.318 e. The molecule has 0 amide bonds. The molecule has 2 aromatic carbocycles. The number of anilines is 3. The number of hydrogen-bond acceptors (Lipinski definition) is 9. The minimum absolute atomic E-state index is 0.102. The summed E-state index contributed by atoms with van der Waals surface area (Å²) in [6.07, 6.45) is 3.18. The van der Waals surface area contributed by atoms with Gasteiger partial charge in [0.15, 0.2) is 11.6 Å². The molecule has 4 aromatic rings. The number of benzene rings is 2. The van der Waals surface area contributed by atoms with E-state index in [1.807, 2.05) is 11.8 Å². The van der Waals surface area contributed by atoms with Crippen molar-refractivity contribution in [2.45, 2.75) is 76.8 Å². The Bertz CT molecular complexity index is 1870. The van der Waals surface area contributed by atoms with Gasteiger partial charge in [-0.15, -0.1) is 0 Å². The van der Waals surface area contributed by atoms with E-state index < -0.39 is 12.0 Å². The number of phenols is 1. The van der Waals surface area contributed by atoms with Crippen LogP contribution in [0.4, 0.5) is 30.5 Å². The fraction of sp³-hybridized carbons (Fsp3) is 0.500. The van der Waals surface area contributed by atoms with Gasteiger partial charge in [0, 0.05) is 55.3 Å². The minimum Gasteiger partial charge on any atom is -0.508 e. The van der Waals surface area contributed by atoms with Crippen molar-refractivity contribution in [3.05, 3.63) is 58.4 Å². The lowest BCUT2D eigenvalue weighted by molar-refractivity contribution is 0.107. The maximum Gasteiger partial charge on any atom is 0.318 e. The lowest BCUT2D eigenvalue weighted by atomic mass is 9.95. The van der Waals surface area contributed by atoms with E-state index in [-0.39, 0.29) is 42.1 Å². The summed E-state index contributed by atoms with van der Waals surface area (Å²) in [5.74, 6) is -0.130. The van der Waals surface area contributed by atoms with Gasteiger partial charge in [-0.3, -0.25) is 9.58 Å². The van der Waals surface area contributed by atoms with E-state index in [2.05, 4.69) is 14.9 Å². The molecule has 2 fully saturated rings. The number of aryl methyl sites for hydroxylation is 2. The number of nitrogens with zero attached hydrogens (tertiary/aromatic N) is 7. The summed E-state index contributed by atoms with van der Waals surface area (Å²) in [4.78, 5) is 16.2. The third-order valence-corrected chi connectivity index (χ3v) is 10.5. The van der Waals surface area contributed by atoms with Gasteiger partial charge in [0.1, 0.15) is 30.2 Å². The Kier molecular flexibility index (Phi) is 7.34. The van der Waals surface area contributed by atoms with Gasteiger partial charge in [-0.2, -0.15) is 15.1 Å². The predicted octanol–water partition coefficient (Wildman–Crippen LogP) is 4.88. The third kappa shape index (κ3) is 5.10. The fourth-order valence-electron chi connectivity index (χ4n) is 8.32. The molecule has 2 atom stereocenters. The number of phenolic OH excluding ortho intramolecular Hbond substituents is 1. The average Bonchev–Trinajstić information content (AvgIpc) is 3.61. The molecule has 4 aliphatic rings. The number of fused-ring (bicyclic) bond motifs is 4. The second-order valence-electron chi connectivity index (χ2n) is 13.4. The van der Waals surface area contributed by atoms with Gasteiger partial charge in [-0.1, -0.05) is 13.0 Å². The van der Waals surface area contributed by atoms with Gasteiger partial charge in [0.2, 0.25) is 0 Å². The zero-order chi connectivity index (χ0) is 32.4. The molecule has 0 aliphatic carbocycles. The highest BCUT2D eigenvalue weighted by atomic mass is 19.1. The number of nitrogen functional groups attached to an aromatic ring is 1. The van der Waals surface area contributed by atoms with Gasteiger partial charge in [-0.25, -0.2) is 13.2 Å². The molecule has 2 aromatic heterocycles. The summed E-state index contributed by atoms with van der Waals surface area (Å²) >= 11 is 0. The standard InChI is InChI=1S/C34H39F3N8O2/c1-2-23-25(36)6-5-20-13-22(46)14-27(29(20)23)42-12-7-24-26(17-42)39-33(47-19-34-8-3-10-44(34)16-21(35)15-34)40-32(24)43-9-4-11-45-28(18-43)30(37)31(38)41-45/h5-6,13-14,21,46H,2-4,7-12,15-19H2,1H3,(H2,38,41)/t21-,34+/m1/s1. The van der Waals surface area contributed by atoms with Crippen molar-refractivity contribution in [3.63, 3.8) is 0 Å². The molecule has 0 unspecified atom stereocenters. The van der Waals surface area contributed by atoms with E-state index in [0.29, 0.717) is 75.5 Å². The maximum absolute atomic E-state index is 15.1. The van der Waals surface area contributed by atoms with Gasteiger partial charge in [-0.05, 0) is 61.7 Å². The van der Waals surface area contributed by atoms with Gasteiger partial charge in [0.25, 0.3) is 0 Å². The number of nitrogens with two attached hydrogens (primary N) is 1. The van der Waals surface area contributed by atoms with Crippen LogP contribution in [0.15, 0.2) is 24.3 Å². The quantitative estimate of drug-likeness (QED) is 0.302. The van der Waals surface area contributed by atoms with E-state index in [9.17, 15) is 9.50 Å². The van der Waals surface area contributed by atoms with Crippen LogP contribution in [0, 0.1) is 11.6 Å². The van der Waals surface area contributed by atoms with Crippen molar-refractivity contribution < 1.29 is 23.0 Å². The summed E-state index contributed by atoms with van der Waals surface area (Å²) < 4.78 is 52.7. The van der Waals surface area contributed by atoms with Gasteiger partial charge in [0.05, 0.1) is 30.0 Å². The molecule has 0 saturated carbocycles. The molecule has 2 saturated heterocycles. The Morgan fingerprint density at radius 1 is 1.06 bits per heavy atom. The molecule has 0 radical (unpaired) electrons. The number of halogens is 3. The van der Waals surface area contributed by atoms with E-state index in [0.717, 1.165) is 47.1 Å². The predicted molar refractivity (Wildman–Crippen MR) is 173 cm³/mol. The summed E-state index contributed by atoms with van der Waals surface area (Å²) in [6, 6.07) is 6.69. The number of ether oxygens (including phenoxy) is 1. The normalized spacial score (nSPS) is 22.8. The van der Waals surface area contributed by atoms with Crippen molar-refractivity contribution in [2.75, 3.05) is 48.3 Å². The Balaban J connectivity index is 1.19. The molecule has 3 N–H and O–H groups in total. The monoisotopic (exact) mass is 648 g/mol. The maximum atomic E-state index is 15.1. The van der Waals surface area contributed by atoms with E-state index in [4.69, 9.17) is 20.4 Å². The van der Waals surface area contributed by atoms with E-state index in [1.54, 1.807) is 22.9 Å². The first-order valence-corrected chi connectivity index (χ1v) is 16.6. The second-order valence-corrected chi connectivity index (χ2v) is 13.4. The first-order chi connectivity index (χ1) is 22.7. The summed E-state index contributed by atoms with van der Waals surface area (Å²) in [7, 11) is 0. The molecule has 6 heterocycles. The van der Waals surface area contributed by atoms with Crippen molar-refractivity contribution in [1.29, 1.82) is 0 Å². The zero-order valence-electron chi connectivity index (χ0n) is 26.5. The molecular formula is C34H39F3N8O2. The van der Waals surface area contributed by atoms with E-state index in [1.165, 1.54) is 6.07 Å². The van der Waals surface area contributed by atoms with Crippen LogP contribution in [0.2, 0.25) is 0 Å². The van der Waals surface area contributed by atoms with Crippen LogP contribution in [0.3, 0.4) is 0 Å². The van der Waals surface area contributed by atoms with Crippen LogP contribution < -0.4 is 20.3 Å². The lowest BCUT2D eigenvalue weighted by Crippen LogP contribution is -2.43. The van der Waals surface area contributed by atoms with Crippen LogP contribution in [0.1, 0.15) is 55.1 Å². The zero-order valence-corrected chi connectivity index (χ0v) is 26.5. The molecule has 8 rings (SSSR count). The van der Waals surface area contributed by atoms with Crippen molar-refractivity contribution in [3.8, 4) is 11.8 Å². The molecule has 4 aliphatic heterocycles. The molecule has 13 heteroatoms. The topological polar surface area (TPSA) is 109 Å². The largest absolute Gasteiger partial charge is 0.508 e. The summed E-state index contributed by atoms with van der Waals surface area (Å²) in [5.41, 5.74) is 8.90. The highest BCUT2D eigenvalue weighted by Crippen LogP contribution is 2.42. The van der Waals surface area contributed by atoms with Crippen molar-refractivity contribution in [1.82, 2.24) is 24.6 Å². The highest BCUT2D eigenvalue weighted by molar-refractivity contribution is 5.98. The highest BCUT2D eigenvalue weighted by Gasteiger charge is 2.49. The molecule has 10 nitrogen and oxygen atoms in total. The molecule has 0 spiro atoms. The number of alkyl halides is 1. The Hall–Kier alpha value is -4.26. The second kappa shape index (κ2) is 11.5. The fourth-order valence-corrected chi connectivity index (χ4v) is 8.32. The number of aromatic hydroxyl groups is 1.